The zero-order valence-electron chi connectivity index (χ0n) is 47.2. The molecule has 1 unspecified atom stereocenters. The molecule has 0 saturated heterocycles. The van der Waals surface area contributed by atoms with Gasteiger partial charge in [-0.05, 0) is 116 Å². The number of carbonyl (C=O) groups excluding carboxylic acids is 3. The van der Waals surface area contributed by atoms with Crippen LogP contribution in [0.15, 0.2) is 97.2 Å². The highest BCUT2D eigenvalue weighted by Crippen LogP contribution is 2.16. The van der Waals surface area contributed by atoms with Crippen LogP contribution in [0.2, 0.25) is 0 Å². The molecule has 0 fully saturated rings. The highest BCUT2D eigenvalue weighted by molar-refractivity contribution is 5.71. The van der Waals surface area contributed by atoms with Crippen LogP contribution in [0, 0.1) is 0 Å². The first-order valence-corrected chi connectivity index (χ1v) is 30.2. The smallest absolute Gasteiger partial charge is 0.306 e. The predicted octanol–water partition coefficient (Wildman–Crippen LogP) is 20.5. The van der Waals surface area contributed by atoms with E-state index >= 15 is 0 Å². The highest BCUT2D eigenvalue weighted by Gasteiger charge is 2.19. The summed E-state index contributed by atoms with van der Waals surface area (Å²) < 4.78 is 16.8. The summed E-state index contributed by atoms with van der Waals surface area (Å²) in [6.45, 7) is 6.43. The Balaban J connectivity index is 4.20. The van der Waals surface area contributed by atoms with E-state index in [-0.39, 0.29) is 31.1 Å². The second kappa shape index (κ2) is 59.9. The number of hydrogen-bond acceptors (Lipinski definition) is 6. The van der Waals surface area contributed by atoms with E-state index < -0.39 is 6.10 Å². The van der Waals surface area contributed by atoms with E-state index in [2.05, 4.69) is 118 Å². The largest absolute Gasteiger partial charge is 0.462 e. The Bertz CT molecular complexity index is 1430. The molecule has 0 rings (SSSR count). The Kier molecular flexibility index (Phi) is 56.8. The topological polar surface area (TPSA) is 78.9 Å². The number of ether oxygens (including phenoxy) is 3. The summed E-state index contributed by atoms with van der Waals surface area (Å²) in [7, 11) is 0. The van der Waals surface area contributed by atoms with Gasteiger partial charge in [0.05, 0.1) is 0 Å². The van der Waals surface area contributed by atoms with Gasteiger partial charge in [-0.3, -0.25) is 14.4 Å². The Hall–Kier alpha value is -3.67. The molecular weight excluding hydrogens is 889 g/mol. The molecule has 6 nitrogen and oxygen atoms in total. The van der Waals surface area contributed by atoms with Crippen LogP contribution in [0.1, 0.15) is 284 Å². The molecule has 0 aromatic carbocycles. The van der Waals surface area contributed by atoms with Crippen molar-refractivity contribution in [2.45, 2.75) is 290 Å². The summed E-state index contributed by atoms with van der Waals surface area (Å²) in [6.07, 6.45) is 79.9. The molecule has 0 aromatic rings. The Morgan fingerprint density at radius 3 is 0.917 bits per heavy atom. The monoisotopic (exact) mass is 1000 g/mol. The minimum atomic E-state index is -0.788. The average Bonchev–Trinajstić information content (AvgIpc) is 3.38. The first-order chi connectivity index (χ1) is 35.5. The van der Waals surface area contributed by atoms with Crippen LogP contribution < -0.4 is 0 Å². The SMILES string of the molecule is CC/C=C\C/C=C\C/C=C\C/C=C\C/C=C\CCCCCCCCCCCCCCCC(=O)OCC(COC(=O)CCCCCCC/C=C\CCC)OC(=O)CCCCCCC/C=C\C/C=C\CCCCC. The van der Waals surface area contributed by atoms with Crippen molar-refractivity contribution in [2.75, 3.05) is 13.2 Å². The molecule has 0 radical (unpaired) electrons. The lowest BCUT2D eigenvalue weighted by Crippen LogP contribution is -2.30. The van der Waals surface area contributed by atoms with Crippen LogP contribution in [0.25, 0.3) is 0 Å². The fourth-order valence-electron chi connectivity index (χ4n) is 8.27. The normalized spacial score (nSPS) is 12.8. The van der Waals surface area contributed by atoms with Crippen LogP contribution in [-0.2, 0) is 28.6 Å². The minimum absolute atomic E-state index is 0.0855. The summed E-state index contributed by atoms with van der Waals surface area (Å²) in [6, 6.07) is 0. The third-order valence-corrected chi connectivity index (χ3v) is 12.8. The molecule has 0 aliphatic heterocycles. The van der Waals surface area contributed by atoms with E-state index in [0.717, 1.165) is 128 Å². The summed E-state index contributed by atoms with van der Waals surface area (Å²) in [4.78, 5) is 38.1. The van der Waals surface area contributed by atoms with Gasteiger partial charge in [-0.1, -0.05) is 246 Å². The standard InChI is InChI=1S/C66H112O6/c1-4-7-10-13-16-19-22-24-26-27-28-29-30-31-32-33-34-35-36-37-38-39-41-42-44-47-50-53-56-59-65(68)71-62-63(61-70-64(67)58-55-52-49-46-21-18-15-12-9-6-3)72-66(69)60-57-54-51-48-45-43-40-25-23-20-17-14-11-8-5-2/h7,10,12,15-17,19-20,24-26,28-29,31-32,40,63H,4-6,8-9,11,13-14,18,21-23,27,30,33-39,41-62H2,1-3H3/b10-7-,15-12-,19-16-,20-17-,26-24-,29-28-,32-31-,40-25-. The lowest BCUT2D eigenvalue weighted by Gasteiger charge is -2.18. The predicted molar refractivity (Wildman–Crippen MR) is 311 cm³/mol. The third-order valence-electron chi connectivity index (χ3n) is 12.8. The molecule has 0 aliphatic carbocycles. The summed E-state index contributed by atoms with van der Waals surface area (Å²) >= 11 is 0. The number of hydrogen-bond donors (Lipinski definition) is 0. The molecule has 0 aromatic heterocycles. The van der Waals surface area contributed by atoms with Gasteiger partial charge in [-0.15, -0.1) is 0 Å². The van der Waals surface area contributed by atoms with E-state index in [9.17, 15) is 14.4 Å². The summed E-state index contributed by atoms with van der Waals surface area (Å²) in [5.41, 5.74) is 0. The van der Waals surface area contributed by atoms with E-state index in [4.69, 9.17) is 14.2 Å². The molecule has 6 heteroatoms. The quantitative estimate of drug-likeness (QED) is 0.0261. The van der Waals surface area contributed by atoms with Crippen LogP contribution in [0.3, 0.4) is 0 Å². The fourth-order valence-corrected chi connectivity index (χ4v) is 8.27. The highest BCUT2D eigenvalue weighted by atomic mass is 16.6. The minimum Gasteiger partial charge on any atom is -0.462 e. The zero-order chi connectivity index (χ0) is 52.2. The first-order valence-electron chi connectivity index (χ1n) is 30.2. The number of unbranched alkanes of at least 4 members (excludes halogenated alkanes) is 27. The fraction of sp³-hybridized carbons (Fsp3) is 0.712. The Morgan fingerprint density at radius 1 is 0.292 bits per heavy atom. The van der Waals surface area contributed by atoms with Crippen molar-refractivity contribution < 1.29 is 28.6 Å². The molecule has 0 N–H and O–H groups in total. The molecule has 1 atom stereocenters. The Morgan fingerprint density at radius 2 is 0.569 bits per heavy atom. The van der Waals surface area contributed by atoms with Crippen molar-refractivity contribution in [1.29, 1.82) is 0 Å². The number of esters is 3. The van der Waals surface area contributed by atoms with Gasteiger partial charge in [0, 0.05) is 19.3 Å². The van der Waals surface area contributed by atoms with Crippen molar-refractivity contribution in [3.8, 4) is 0 Å². The van der Waals surface area contributed by atoms with E-state index in [1.54, 1.807) is 0 Å². The molecule has 72 heavy (non-hydrogen) atoms. The molecule has 0 saturated carbocycles. The van der Waals surface area contributed by atoms with Crippen LogP contribution in [-0.4, -0.2) is 37.2 Å². The van der Waals surface area contributed by atoms with Gasteiger partial charge in [0.15, 0.2) is 6.10 Å². The molecule has 412 valence electrons. The number of rotatable bonds is 54. The maximum atomic E-state index is 12.8. The average molecular weight is 1000 g/mol. The second-order valence-electron chi connectivity index (χ2n) is 19.9. The van der Waals surface area contributed by atoms with Gasteiger partial charge in [0.1, 0.15) is 13.2 Å². The van der Waals surface area contributed by atoms with Crippen molar-refractivity contribution in [1.82, 2.24) is 0 Å². The summed E-state index contributed by atoms with van der Waals surface area (Å²) in [5, 5.41) is 0. The lowest BCUT2D eigenvalue weighted by molar-refractivity contribution is -0.167. The number of carbonyl (C=O) groups is 3. The molecule has 0 heterocycles. The van der Waals surface area contributed by atoms with Crippen LogP contribution >= 0.6 is 0 Å². The number of allylic oxidation sites excluding steroid dienone is 16. The van der Waals surface area contributed by atoms with Crippen molar-refractivity contribution in [3.05, 3.63) is 97.2 Å². The van der Waals surface area contributed by atoms with E-state index in [1.807, 2.05) is 0 Å². The summed E-state index contributed by atoms with van der Waals surface area (Å²) in [5.74, 6) is -0.907. The maximum Gasteiger partial charge on any atom is 0.306 e. The van der Waals surface area contributed by atoms with Crippen molar-refractivity contribution >= 4 is 17.9 Å². The van der Waals surface area contributed by atoms with Crippen molar-refractivity contribution in [3.63, 3.8) is 0 Å². The van der Waals surface area contributed by atoms with Crippen LogP contribution in [0.4, 0.5) is 0 Å². The van der Waals surface area contributed by atoms with Gasteiger partial charge in [0.2, 0.25) is 0 Å². The molecule has 0 amide bonds. The maximum absolute atomic E-state index is 12.8. The van der Waals surface area contributed by atoms with Gasteiger partial charge in [-0.2, -0.15) is 0 Å². The van der Waals surface area contributed by atoms with Gasteiger partial charge in [-0.25, -0.2) is 0 Å². The van der Waals surface area contributed by atoms with E-state index in [0.29, 0.717) is 19.3 Å². The van der Waals surface area contributed by atoms with E-state index in [1.165, 1.54) is 116 Å². The molecule has 0 bridgehead atoms. The molecule has 0 aliphatic rings. The lowest BCUT2D eigenvalue weighted by atomic mass is 10.0. The van der Waals surface area contributed by atoms with Gasteiger partial charge in [0.25, 0.3) is 0 Å². The second-order valence-corrected chi connectivity index (χ2v) is 19.9. The zero-order valence-corrected chi connectivity index (χ0v) is 47.2. The molecular formula is C66H112O6. The van der Waals surface area contributed by atoms with Crippen molar-refractivity contribution in [2.24, 2.45) is 0 Å². The third kappa shape index (κ3) is 57.2. The Labute approximate surface area is 445 Å². The first kappa shape index (κ1) is 68.3. The molecule has 0 spiro atoms. The van der Waals surface area contributed by atoms with Gasteiger partial charge >= 0.3 is 17.9 Å². The van der Waals surface area contributed by atoms with Gasteiger partial charge < -0.3 is 14.2 Å². The van der Waals surface area contributed by atoms with Crippen LogP contribution in [0.5, 0.6) is 0 Å².